The molecule has 0 radical (unpaired) electrons. The van der Waals surface area contributed by atoms with E-state index >= 15 is 0 Å². The molecule has 1 aromatic heterocycles. The lowest BCUT2D eigenvalue weighted by molar-refractivity contribution is -0.119. The topological polar surface area (TPSA) is 85.2 Å². The Morgan fingerprint density at radius 2 is 1.68 bits per heavy atom. The number of hydrogen-bond acceptors (Lipinski definition) is 4. The molecule has 0 aliphatic carbocycles. The zero-order chi connectivity index (χ0) is 18.0. The second kappa shape index (κ2) is 6.52. The molecule has 0 aliphatic heterocycles. The van der Waals surface area contributed by atoms with Crippen LogP contribution < -0.4 is 4.72 Å². The number of Topliss-reactive ketones (excluding diaryl/α,β-unsaturated/α-hetero) is 1. The van der Waals surface area contributed by atoms with E-state index in [1.54, 1.807) is 10.8 Å². The van der Waals surface area contributed by atoms with Crippen LogP contribution in [0.2, 0.25) is 0 Å². The Labute approximate surface area is 145 Å². The van der Waals surface area contributed by atoms with Gasteiger partial charge >= 0.3 is 0 Å². The van der Waals surface area contributed by atoms with E-state index < -0.39 is 15.9 Å². The number of rotatable bonds is 5. The molecule has 1 heterocycles. The predicted octanol–water partition coefficient (Wildman–Crippen LogP) is 2.35. The lowest BCUT2D eigenvalue weighted by Crippen LogP contribution is -2.33. The van der Waals surface area contributed by atoms with Crippen molar-refractivity contribution in [3.05, 3.63) is 66.4 Å². The fourth-order valence-corrected chi connectivity index (χ4v) is 3.52. The summed E-state index contributed by atoms with van der Waals surface area (Å²) in [6.07, 6.45) is 1.73. The van der Waals surface area contributed by atoms with Crippen LogP contribution in [0, 0.1) is 0 Å². The molecule has 0 saturated carbocycles. The van der Waals surface area contributed by atoms with Crippen LogP contribution in [0.4, 0.5) is 0 Å². The second-order valence-electron chi connectivity index (χ2n) is 5.61. The Balaban J connectivity index is 1.76. The number of amides is 1. The van der Waals surface area contributed by atoms with Crippen LogP contribution in [0.5, 0.6) is 0 Å². The number of fused-ring (bicyclic) bond motifs is 1. The van der Waals surface area contributed by atoms with Crippen molar-refractivity contribution in [2.75, 3.05) is 0 Å². The summed E-state index contributed by atoms with van der Waals surface area (Å²) in [6, 6.07) is 14.8. The third-order valence-electron chi connectivity index (χ3n) is 3.81. The van der Waals surface area contributed by atoms with Crippen LogP contribution in [-0.2, 0) is 21.4 Å². The first-order chi connectivity index (χ1) is 11.9. The van der Waals surface area contributed by atoms with Gasteiger partial charge in [0.25, 0.3) is 15.9 Å². The Kier molecular flexibility index (Phi) is 4.41. The average Bonchev–Trinajstić information content (AvgIpc) is 2.97. The highest BCUT2D eigenvalue weighted by atomic mass is 32.2. The number of nitrogens with one attached hydrogen (secondary N) is 1. The summed E-state index contributed by atoms with van der Waals surface area (Å²) < 4.78 is 28.3. The summed E-state index contributed by atoms with van der Waals surface area (Å²) in [5.74, 6) is -0.801. The van der Waals surface area contributed by atoms with Crippen LogP contribution in [-0.4, -0.2) is 24.7 Å². The Bertz CT molecular complexity index is 1050. The maximum atomic E-state index is 12.3. The molecule has 0 spiro atoms. The van der Waals surface area contributed by atoms with Crippen LogP contribution in [0.25, 0.3) is 10.9 Å². The number of para-hydroxylation sites is 1. The van der Waals surface area contributed by atoms with E-state index in [4.69, 9.17) is 0 Å². The van der Waals surface area contributed by atoms with Crippen molar-refractivity contribution in [1.29, 1.82) is 0 Å². The third-order valence-corrected chi connectivity index (χ3v) is 5.20. The van der Waals surface area contributed by atoms with Crippen molar-refractivity contribution < 1.29 is 18.0 Å². The lowest BCUT2D eigenvalue weighted by atomic mass is 10.2. The molecule has 0 aliphatic rings. The molecule has 128 valence electrons. The third kappa shape index (κ3) is 3.61. The van der Waals surface area contributed by atoms with Gasteiger partial charge in [0.15, 0.2) is 5.78 Å². The fourth-order valence-electron chi connectivity index (χ4n) is 2.54. The normalized spacial score (nSPS) is 11.4. The number of nitrogens with zero attached hydrogens (tertiary/aromatic N) is 1. The Morgan fingerprint density at radius 3 is 2.36 bits per heavy atom. The van der Waals surface area contributed by atoms with Crippen LogP contribution in [0.1, 0.15) is 17.3 Å². The summed E-state index contributed by atoms with van der Waals surface area (Å²) in [4.78, 5) is 23.3. The van der Waals surface area contributed by atoms with E-state index in [2.05, 4.69) is 4.72 Å². The average molecular weight is 356 g/mol. The Morgan fingerprint density at radius 1 is 1.00 bits per heavy atom. The number of aromatic nitrogens is 1. The van der Waals surface area contributed by atoms with Crippen molar-refractivity contribution in [3.8, 4) is 0 Å². The van der Waals surface area contributed by atoms with Crippen LogP contribution in [0.3, 0.4) is 0 Å². The summed E-state index contributed by atoms with van der Waals surface area (Å²) in [5.41, 5.74) is 1.25. The number of ketones is 1. The summed E-state index contributed by atoms with van der Waals surface area (Å²) in [6.45, 7) is 1.28. The highest BCUT2D eigenvalue weighted by Crippen LogP contribution is 2.15. The minimum absolute atomic E-state index is 0.0665. The quantitative estimate of drug-likeness (QED) is 0.711. The Hall–Kier alpha value is -2.93. The first-order valence-electron chi connectivity index (χ1n) is 7.57. The van der Waals surface area contributed by atoms with E-state index in [0.717, 1.165) is 10.9 Å². The van der Waals surface area contributed by atoms with Crippen molar-refractivity contribution in [3.63, 3.8) is 0 Å². The molecular weight excluding hydrogens is 340 g/mol. The molecule has 2 aromatic carbocycles. The largest absolute Gasteiger partial charge is 0.338 e. The van der Waals surface area contributed by atoms with Gasteiger partial charge in [-0.3, -0.25) is 9.59 Å². The predicted molar refractivity (Wildman–Crippen MR) is 93.7 cm³/mol. The first-order valence-corrected chi connectivity index (χ1v) is 9.06. The van der Waals surface area contributed by atoms with E-state index in [1.807, 2.05) is 30.3 Å². The lowest BCUT2D eigenvalue weighted by Gasteiger charge is -2.09. The van der Waals surface area contributed by atoms with Gasteiger partial charge in [-0.25, -0.2) is 13.1 Å². The van der Waals surface area contributed by atoms with E-state index in [0.29, 0.717) is 5.56 Å². The molecule has 25 heavy (non-hydrogen) atoms. The first kappa shape index (κ1) is 16.9. The minimum Gasteiger partial charge on any atom is -0.338 e. The highest BCUT2D eigenvalue weighted by molar-refractivity contribution is 7.90. The fraction of sp³-hybridized carbons (Fsp3) is 0.111. The number of hydrogen-bond donors (Lipinski definition) is 1. The van der Waals surface area contributed by atoms with Crippen LogP contribution in [0.15, 0.2) is 65.7 Å². The molecule has 1 N–H and O–H groups in total. The molecule has 0 unspecified atom stereocenters. The SMILES string of the molecule is CC(=O)c1ccc(S(=O)(=O)NC(=O)Cn2ccc3ccccc32)cc1. The van der Waals surface area contributed by atoms with Gasteiger partial charge < -0.3 is 4.57 Å². The summed E-state index contributed by atoms with van der Waals surface area (Å²) >= 11 is 0. The van der Waals surface area contributed by atoms with Gasteiger partial charge in [-0.1, -0.05) is 30.3 Å². The summed E-state index contributed by atoms with van der Waals surface area (Å²) in [5, 5.41) is 0.970. The van der Waals surface area contributed by atoms with Gasteiger partial charge in [0.2, 0.25) is 0 Å². The van der Waals surface area contributed by atoms with Gasteiger partial charge in [0.05, 0.1) is 4.90 Å². The zero-order valence-corrected chi connectivity index (χ0v) is 14.3. The van der Waals surface area contributed by atoms with Gasteiger partial charge in [0.1, 0.15) is 6.54 Å². The zero-order valence-electron chi connectivity index (χ0n) is 13.5. The number of carbonyl (C=O) groups excluding carboxylic acids is 2. The molecular formula is C18H16N2O4S. The molecule has 7 heteroatoms. The number of benzene rings is 2. The minimum atomic E-state index is -3.98. The molecule has 3 aromatic rings. The van der Waals surface area contributed by atoms with Gasteiger partial charge in [0, 0.05) is 17.3 Å². The molecule has 3 rings (SSSR count). The molecule has 0 fully saturated rings. The van der Waals surface area contributed by atoms with Gasteiger partial charge in [-0.15, -0.1) is 0 Å². The van der Waals surface area contributed by atoms with Crippen molar-refractivity contribution in [1.82, 2.24) is 9.29 Å². The van der Waals surface area contributed by atoms with Gasteiger partial charge in [-0.05, 0) is 36.6 Å². The molecule has 1 amide bonds. The maximum absolute atomic E-state index is 12.3. The summed E-state index contributed by atoms with van der Waals surface area (Å²) in [7, 11) is -3.98. The van der Waals surface area contributed by atoms with E-state index in [1.165, 1.54) is 31.2 Å². The van der Waals surface area contributed by atoms with Crippen LogP contribution >= 0.6 is 0 Å². The van der Waals surface area contributed by atoms with Gasteiger partial charge in [-0.2, -0.15) is 0 Å². The highest BCUT2D eigenvalue weighted by Gasteiger charge is 2.18. The smallest absolute Gasteiger partial charge is 0.264 e. The van der Waals surface area contributed by atoms with E-state index in [-0.39, 0.29) is 17.2 Å². The maximum Gasteiger partial charge on any atom is 0.264 e. The molecule has 0 bridgehead atoms. The monoisotopic (exact) mass is 356 g/mol. The van der Waals surface area contributed by atoms with E-state index in [9.17, 15) is 18.0 Å². The van der Waals surface area contributed by atoms with Crippen molar-refractivity contribution in [2.45, 2.75) is 18.4 Å². The molecule has 0 atom stereocenters. The number of carbonyl (C=O) groups is 2. The van der Waals surface area contributed by atoms with Crippen molar-refractivity contribution >= 4 is 32.6 Å². The standard InChI is InChI=1S/C18H16N2O4S/c1-13(21)14-6-8-16(9-7-14)25(23,24)19-18(22)12-20-11-10-15-4-2-3-5-17(15)20/h2-11H,12H2,1H3,(H,19,22). The molecule has 6 nitrogen and oxygen atoms in total. The van der Waals surface area contributed by atoms with Crippen molar-refractivity contribution in [2.24, 2.45) is 0 Å². The molecule has 0 saturated heterocycles. The second-order valence-corrected chi connectivity index (χ2v) is 7.29. The number of sulfonamides is 1.